The Morgan fingerprint density at radius 3 is 2.87 bits per heavy atom. The Bertz CT molecular complexity index is 380. The first-order valence-electron chi connectivity index (χ1n) is 5.11. The zero-order valence-corrected chi connectivity index (χ0v) is 8.97. The number of nitrogens with zero attached hydrogens (tertiary/aromatic N) is 3. The summed E-state index contributed by atoms with van der Waals surface area (Å²) in [4.78, 5) is 13.6. The Hall–Kier alpha value is -1.36. The molecule has 1 aliphatic rings. The number of aryl methyl sites for hydroxylation is 2. The van der Waals surface area contributed by atoms with Crippen LogP contribution in [0, 0.1) is 0 Å². The van der Waals surface area contributed by atoms with E-state index in [-0.39, 0.29) is 12.0 Å². The molecule has 1 fully saturated rings. The number of hydrogen-bond donors (Lipinski definition) is 1. The van der Waals surface area contributed by atoms with Gasteiger partial charge in [0.05, 0.1) is 17.4 Å². The van der Waals surface area contributed by atoms with Crippen molar-refractivity contribution in [2.45, 2.75) is 19.4 Å². The number of likely N-dealkylation sites (tertiary alicyclic amines) is 1. The molecule has 2 rings (SSSR count). The van der Waals surface area contributed by atoms with Crippen molar-refractivity contribution in [1.82, 2.24) is 14.7 Å². The summed E-state index contributed by atoms with van der Waals surface area (Å²) in [5.74, 6) is -0.0229. The number of aromatic nitrogens is 2. The van der Waals surface area contributed by atoms with E-state index in [1.165, 1.54) is 0 Å². The second-order valence-electron chi connectivity index (χ2n) is 3.88. The van der Waals surface area contributed by atoms with E-state index < -0.39 is 0 Å². The lowest BCUT2D eigenvalue weighted by Crippen LogP contribution is -2.53. The molecule has 5 heteroatoms. The molecule has 0 spiro atoms. The number of carbonyl (C=O) groups is 1. The van der Waals surface area contributed by atoms with Crippen LogP contribution in [0.1, 0.15) is 23.0 Å². The monoisotopic (exact) mass is 209 g/mol. The summed E-state index contributed by atoms with van der Waals surface area (Å²) >= 11 is 0. The minimum Gasteiger partial charge on any atom is -0.389 e. The van der Waals surface area contributed by atoms with Crippen molar-refractivity contribution in [2.24, 2.45) is 7.05 Å². The predicted molar refractivity (Wildman–Crippen MR) is 54.5 cm³/mol. The zero-order valence-electron chi connectivity index (χ0n) is 8.97. The summed E-state index contributed by atoms with van der Waals surface area (Å²) in [6, 6.07) is 0. The normalized spacial score (nSPS) is 16.6. The minimum atomic E-state index is -0.351. The third kappa shape index (κ3) is 1.74. The zero-order chi connectivity index (χ0) is 11.0. The molecular weight excluding hydrogens is 194 g/mol. The number of aliphatic hydroxyl groups excluding tert-OH is 1. The molecule has 0 saturated carbocycles. The average molecular weight is 209 g/mol. The van der Waals surface area contributed by atoms with Crippen LogP contribution in [0.15, 0.2) is 6.20 Å². The van der Waals surface area contributed by atoms with E-state index in [0.29, 0.717) is 18.7 Å². The topological polar surface area (TPSA) is 58.4 Å². The smallest absolute Gasteiger partial charge is 0.257 e. The van der Waals surface area contributed by atoms with Crippen molar-refractivity contribution in [1.29, 1.82) is 0 Å². The van der Waals surface area contributed by atoms with E-state index in [2.05, 4.69) is 5.10 Å². The summed E-state index contributed by atoms with van der Waals surface area (Å²) in [5.41, 5.74) is 1.48. The first kappa shape index (κ1) is 10.2. The summed E-state index contributed by atoms with van der Waals surface area (Å²) in [6.07, 6.45) is 2.14. The highest BCUT2D eigenvalue weighted by molar-refractivity contribution is 5.95. The fourth-order valence-corrected chi connectivity index (χ4v) is 1.77. The van der Waals surface area contributed by atoms with Crippen LogP contribution in [-0.4, -0.2) is 44.9 Å². The Morgan fingerprint density at radius 2 is 2.33 bits per heavy atom. The number of aliphatic hydroxyl groups is 1. The molecule has 1 aromatic rings. The van der Waals surface area contributed by atoms with E-state index in [4.69, 9.17) is 5.11 Å². The van der Waals surface area contributed by atoms with E-state index in [0.717, 1.165) is 12.1 Å². The third-order valence-corrected chi connectivity index (χ3v) is 2.62. The largest absolute Gasteiger partial charge is 0.389 e. The number of carbonyl (C=O) groups excluding carboxylic acids is 1. The van der Waals surface area contributed by atoms with Gasteiger partial charge in [-0.15, -0.1) is 0 Å². The first-order valence-corrected chi connectivity index (χ1v) is 5.11. The van der Waals surface area contributed by atoms with Gasteiger partial charge in [0.2, 0.25) is 0 Å². The Balaban J connectivity index is 2.17. The summed E-state index contributed by atoms with van der Waals surface area (Å²) in [5, 5.41) is 13.3. The van der Waals surface area contributed by atoms with Crippen molar-refractivity contribution >= 4 is 5.91 Å². The molecule has 0 aromatic carbocycles. The molecule has 82 valence electrons. The SMILES string of the molecule is CCc1nn(C)cc1C(=O)N1CC(O)C1. The van der Waals surface area contributed by atoms with Crippen LogP contribution in [0.4, 0.5) is 0 Å². The van der Waals surface area contributed by atoms with E-state index in [1.54, 1.807) is 22.8 Å². The highest BCUT2D eigenvalue weighted by Gasteiger charge is 2.31. The number of rotatable bonds is 2. The van der Waals surface area contributed by atoms with Gasteiger partial charge in [-0.2, -0.15) is 5.10 Å². The van der Waals surface area contributed by atoms with Crippen LogP contribution < -0.4 is 0 Å². The first-order chi connectivity index (χ1) is 7.11. The quantitative estimate of drug-likeness (QED) is 0.733. The number of amides is 1. The number of hydrogen-bond acceptors (Lipinski definition) is 3. The Morgan fingerprint density at radius 1 is 1.67 bits per heavy atom. The summed E-state index contributed by atoms with van der Waals surface area (Å²) in [7, 11) is 1.81. The molecule has 1 saturated heterocycles. The maximum atomic E-state index is 11.9. The fourth-order valence-electron chi connectivity index (χ4n) is 1.77. The second-order valence-corrected chi connectivity index (χ2v) is 3.88. The van der Waals surface area contributed by atoms with Crippen LogP contribution in [0.5, 0.6) is 0 Å². The van der Waals surface area contributed by atoms with Crippen molar-refractivity contribution in [3.8, 4) is 0 Å². The van der Waals surface area contributed by atoms with E-state index >= 15 is 0 Å². The van der Waals surface area contributed by atoms with Gasteiger partial charge in [0.25, 0.3) is 5.91 Å². The number of β-amino-alcohol motifs (C(OH)–C–C–N with tert-alkyl or cyclic N) is 1. The molecule has 15 heavy (non-hydrogen) atoms. The predicted octanol–water partition coefficient (Wildman–Crippen LogP) is -0.201. The van der Waals surface area contributed by atoms with Gasteiger partial charge >= 0.3 is 0 Å². The lowest BCUT2D eigenvalue weighted by molar-refractivity contribution is 0.00582. The van der Waals surface area contributed by atoms with Crippen LogP contribution in [0.2, 0.25) is 0 Å². The second kappa shape index (κ2) is 3.66. The molecule has 1 aliphatic heterocycles. The minimum absolute atomic E-state index is 0.0229. The highest BCUT2D eigenvalue weighted by atomic mass is 16.3. The molecular formula is C10H15N3O2. The molecule has 1 amide bonds. The maximum absolute atomic E-state index is 11.9. The maximum Gasteiger partial charge on any atom is 0.257 e. The molecule has 0 aliphatic carbocycles. The van der Waals surface area contributed by atoms with Gasteiger partial charge < -0.3 is 10.0 Å². The lowest BCUT2D eigenvalue weighted by Gasteiger charge is -2.35. The summed E-state index contributed by atoms with van der Waals surface area (Å²) < 4.78 is 1.66. The molecule has 0 unspecified atom stereocenters. The molecule has 5 nitrogen and oxygen atoms in total. The molecule has 0 bridgehead atoms. The van der Waals surface area contributed by atoms with E-state index in [1.807, 2.05) is 6.92 Å². The van der Waals surface area contributed by atoms with Crippen molar-refractivity contribution in [2.75, 3.05) is 13.1 Å². The van der Waals surface area contributed by atoms with Crippen LogP contribution in [-0.2, 0) is 13.5 Å². The summed E-state index contributed by atoms with van der Waals surface area (Å²) in [6.45, 7) is 2.86. The fraction of sp³-hybridized carbons (Fsp3) is 0.600. The molecule has 0 atom stereocenters. The highest BCUT2D eigenvalue weighted by Crippen LogP contribution is 2.15. The van der Waals surface area contributed by atoms with Gasteiger partial charge in [-0.1, -0.05) is 6.92 Å². The van der Waals surface area contributed by atoms with Crippen molar-refractivity contribution in [3.63, 3.8) is 0 Å². The van der Waals surface area contributed by atoms with Crippen LogP contribution >= 0.6 is 0 Å². The molecule has 2 heterocycles. The van der Waals surface area contributed by atoms with Gasteiger partial charge in [0.1, 0.15) is 0 Å². The standard InChI is InChI=1S/C10H15N3O2/c1-3-9-8(6-12(2)11-9)10(15)13-4-7(14)5-13/h6-7,14H,3-5H2,1-2H3. The van der Waals surface area contributed by atoms with Gasteiger partial charge in [0, 0.05) is 26.3 Å². The van der Waals surface area contributed by atoms with Gasteiger partial charge in [-0.25, -0.2) is 0 Å². The van der Waals surface area contributed by atoms with Crippen molar-refractivity contribution < 1.29 is 9.90 Å². The molecule has 1 aromatic heterocycles. The van der Waals surface area contributed by atoms with Crippen molar-refractivity contribution in [3.05, 3.63) is 17.5 Å². The van der Waals surface area contributed by atoms with E-state index in [9.17, 15) is 4.79 Å². The van der Waals surface area contributed by atoms with Gasteiger partial charge in [-0.05, 0) is 6.42 Å². The molecule has 1 N–H and O–H groups in total. The third-order valence-electron chi connectivity index (χ3n) is 2.62. The van der Waals surface area contributed by atoms with Gasteiger partial charge in [-0.3, -0.25) is 9.48 Å². The average Bonchev–Trinajstić information content (AvgIpc) is 2.53. The molecule has 0 radical (unpaired) electrons. The Labute approximate surface area is 88.3 Å². The van der Waals surface area contributed by atoms with Gasteiger partial charge in [0.15, 0.2) is 0 Å². The lowest BCUT2D eigenvalue weighted by atomic mass is 10.1. The van der Waals surface area contributed by atoms with Crippen LogP contribution in [0.25, 0.3) is 0 Å². The van der Waals surface area contributed by atoms with Crippen LogP contribution in [0.3, 0.4) is 0 Å². The Kier molecular flexibility index (Phi) is 2.48.